The van der Waals surface area contributed by atoms with Crippen LogP contribution in [0.4, 0.5) is 0 Å². The van der Waals surface area contributed by atoms with Crippen LogP contribution in [0.1, 0.15) is 44.6 Å². The SMILES string of the molecule is CCCCCCC(=O)C(Cl)Cc1ccc(-c2[c]cccc2)cc1. The molecule has 0 aliphatic carbocycles. The highest BCUT2D eigenvalue weighted by atomic mass is 35.5. The van der Waals surface area contributed by atoms with Crippen LogP contribution in [0.2, 0.25) is 0 Å². The molecule has 0 saturated heterocycles. The molecule has 2 aromatic rings. The Hall–Kier alpha value is -1.60. The van der Waals surface area contributed by atoms with Crippen molar-refractivity contribution in [1.29, 1.82) is 0 Å². The lowest BCUT2D eigenvalue weighted by atomic mass is 10.00. The molecule has 0 heterocycles. The van der Waals surface area contributed by atoms with E-state index in [9.17, 15) is 4.79 Å². The van der Waals surface area contributed by atoms with Gasteiger partial charge in [-0.3, -0.25) is 4.79 Å². The second kappa shape index (κ2) is 9.52. The number of Topliss-reactive ketones (excluding diaryl/α,β-unsaturated/α-hetero) is 1. The van der Waals surface area contributed by atoms with Gasteiger partial charge in [-0.25, -0.2) is 0 Å². The predicted molar refractivity (Wildman–Crippen MR) is 97.8 cm³/mol. The zero-order chi connectivity index (χ0) is 16.5. The van der Waals surface area contributed by atoms with Gasteiger partial charge in [-0.2, -0.15) is 0 Å². The second-order valence-electron chi connectivity index (χ2n) is 5.92. The maximum absolute atomic E-state index is 12.1. The summed E-state index contributed by atoms with van der Waals surface area (Å²) in [7, 11) is 0. The lowest BCUT2D eigenvalue weighted by molar-refractivity contribution is -0.118. The molecule has 1 unspecified atom stereocenters. The van der Waals surface area contributed by atoms with E-state index in [1.165, 1.54) is 12.8 Å². The van der Waals surface area contributed by atoms with Gasteiger partial charge in [-0.1, -0.05) is 74.7 Å². The van der Waals surface area contributed by atoms with Crippen molar-refractivity contribution >= 4 is 17.4 Å². The van der Waals surface area contributed by atoms with Crippen molar-refractivity contribution in [2.75, 3.05) is 0 Å². The highest BCUT2D eigenvalue weighted by Gasteiger charge is 2.15. The molecular weight excluding hydrogens is 304 g/mol. The summed E-state index contributed by atoms with van der Waals surface area (Å²) >= 11 is 6.28. The van der Waals surface area contributed by atoms with Gasteiger partial charge in [0, 0.05) is 6.42 Å². The standard InChI is InChI=1S/C21H24ClO/c1-2-3-4-8-11-21(23)20(22)16-17-12-14-19(15-13-17)18-9-6-5-7-10-18/h5-7,9,12-15,20H,2-4,8,11,16H2,1H3. The molecule has 23 heavy (non-hydrogen) atoms. The molecule has 0 spiro atoms. The van der Waals surface area contributed by atoms with E-state index in [1.807, 2.05) is 24.3 Å². The first-order valence-electron chi connectivity index (χ1n) is 8.43. The molecule has 1 nitrogen and oxygen atoms in total. The molecule has 0 fully saturated rings. The second-order valence-corrected chi connectivity index (χ2v) is 6.45. The van der Waals surface area contributed by atoms with Crippen molar-refractivity contribution in [2.45, 2.75) is 50.8 Å². The quantitative estimate of drug-likeness (QED) is 0.417. The van der Waals surface area contributed by atoms with Crippen LogP contribution in [0.25, 0.3) is 11.1 Å². The van der Waals surface area contributed by atoms with Crippen molar-refractivity contribution < 1.29 is 4.79 Å². The minimum atomic E-state index is -0.411. The first-order chi connectivity index (χ1) is 11.2. The summed E-state index contributed by atoms with van der Waals surface area (Å²) in [5, 5.41) is -0.411. The third kappa shape index (κ3) is 5.84. The number of halogens is 1. The van der Waals surface area contributed by atoms with Gasteiger partial charge in [0.15, 0.2) is 5.78 Å². The molecule has 0 aliphatic heterocycles. The molecule has 0 saturated carbocycles. The fourth-order valence-electron chi connectivity index (χ4n) is 2.60. The number of carbonyl (C=O) groups is 1. The molecular formula is C21H24ClO. The summed E-state index contributed by atoms with van der Waals surface area (Å²) in [4.78, 5) is 12.1. The van der Waals surface area contributed by atoms with E-state index in [2.05, 4.69) is 37.3 Å². The minimum Gasteiger partial charge on any atom is -0.298 e. The first kappa shape index (κ1) is 17.7. The van der Waals surface area contributed by atoms with Crippen molar-refractivity contribution in [3.05, 3.63) is 60.2 Å². The fraction of sp³-hybridized carbons (Fsp3) is 0.381. The highest BCUT2D eigenvalue weighted by molar-refractivity contribution is 6.31. The Morgan fingerprint density at radius 2 is 1.87 bits per heavy atom. The third-order valence-electron chi connectivity index (χ3n) is 4.02. The third-order valence-corrected chi connectivity index (χ3v) is 4.41. The average Bonchev–Trinajstić information content (AvgIpc) is 2.60. The maximum Gasteiger partial charge on any atom is 0.151 e. The van der Waals surface area contributed by atoms with Gasteiger partial charge in [-0.05, 0) is 35.6 Å². The van der Waals surface area contributed by atoms with Gasteiger partial charge < -0.3 is 0 Å². The fourth-order valence-corrected chi connectivity index (χ4v) is 2.88. The van der Waals surface area contributed by atoms with E-state index < -0.39 is 5.38 Å². The number of hydrogen-bond donors (Lipinski definition) is 0. The molecule has 2 aromatic carbocycles. The largest absolute Gasteiger partial charge is 0.298 e. The molecule has 1 radical (unpaired) electrons. The van der Waals surface area contributed by atoms with E-state index >= 15 is 0 Å². The molecule has 0 aromatic heterocycles. The van der Waals surface area contributed by atoms with Gasteiger partial charge in [-0.15, -0.1) is 11.6 Å². The summed E-state index contributed by atoms with van der Waals surface area (Å²) in [6, 6.07) is 19.4. The van der Waals surface area contributed by atoms with Gasteiger partial charge >= 0.3 is 0 Å². The summed E-state index contributed by atoms with van der Waals surface area (Å²) in [6.45, 7) is 2.17. The summed E-state index contributed by atoms with van der Waals surface area (Å²) in [6.07, 6.45) is 5.66. The van der Waals surface area contributed by atoms with Crippen LogP contribution in [0.5, 0.6) is 0 Å². The number of alkyl halides is 1. The number of carbonyl (C=O) groups excluding carboxylic acids is 1. The van der Waals surface area contributed by atoms with Gasteiger partial charge in [0.2, 0.25) is 0 Å². The average molecular weight is 328 g/mol. The Morgan fingerprint density at radius 1 is 1.09 bits per heavy atom. The lowest BCUT2D eigenvalue weighted by Gasteiger charge is -2.09. The molecule has 0 aliphatic rings. The number of ketones is 1. The van der Waals surface area contributed by atoms with Crippen LogP contribution < -0.4 is 0 Å². The lowest BCUT2D eigenvalue weighted by Crippen LogP contribution is -2.17. The van der Waals surface area contributed by atoms with Crippen molar-refractivity contribution in [3.8, 4) is 11.1 Å². The number of rotatable bonds is 9. The Balaban J connectivity index is 1.86. The Bertz CT molecular complexity index is 589. The van der Waals surface area contributed by atoms with Crippen LogP contribution >= 0.6 is 11.6 Å². The van der Waals surface area contributed by atoms with Crippen LogP contribution in [-0.2, 0) is 11.2 Å². The minimum absolute atomic E-state index is 0.170. The molecule has 0 bridgehead atoms. The van der Waals surface area contributed by atoms with Crippen molar-refractivity contribution in [2.24, 2.45) is 0 Å². The van der Waals surface area contributed by atoms with Crippen LogP contribution in [0.15, 0.2) is 48.5 Å². The van der Waals surface area contributed by atoms with Gasteiger partial charge in [0.05, 0.1) is 5.38 Å². The van der Waals surface area contributed by atoms with E-state index in [4.69, 9.17) is 11.6 Å². The first-order valence-corrected chi connectivity index (χ1v) is 8.87. The van der Waals surface area contributed by atoms with Crippen LogP contribution in [-0.4, -0.2) is 11.2 Å². The number of unbranched alkanes of at least 4 members (excludes halogenated alkanes) is 3. The summed E-state index contributed by atoms with van der Waals surface area (Å²) < 4.78 is 0. The van der Waals surface area contributed by atoms with Gasteiger partial charge in [0.25, 0.3) is 0 Å². The summed E-state index contributed by atoms with van der Waals surface area (Å²) in [5.74, 6) is 0.170. The molecule has 2 rings (SSSR count). The summed E-state index contributed by atoms with van der Waals surface area (Å²) in [5.41, 5.74) is 3.31. The number of hydrogen-bond acceptors (Lipinski definition) is 1. The van der Waals surface area contributed by atoms with Crippen molar-refractivity contribution in [3.63, 3.8) is 0 Å². The van der Waals surface area contributed by atoms with Crippen LogP contribution in [0.3, 0.4) is 0 Å². The molecule has 1 atom stereocenters. The maximum atomic E-state index is 12.1. The molecule has 0 amide bonds. The highest BCUT2D eigenvalue weighted by Crippen LogP contribution is 2.20. The molecule has 0 N–H and O–H groups in total. The van der Waals surface area contributed by atoms with E-state index in [-0.39, 0.29) is 5.78 Å². The van der Waals surface area contributed by atoms with E-state index in [1.54, 1.807) is 0 Å². The zero-order valence-electron chi connectivity index (χ0n) is 13.7. The Kier molecular flexibility index (Phi) is 7.35. The zero-order valence-corrected chi connectivity index (χ0v) is 14.5. The monoisotopic (exact) mass is 327 g/mol. The van der Waals surface area contributed by atoms with E-state index in [0.717, 1.165) is 29.5 Å². The van der Waals surface area contributed by atoms with Crippen molar-refractivity contribution in [1.82, 2.24) is 0 Å². The smallest absolute Gasteiger partial charge is 0.151 e. The topological polar surface area (TPSA) is 17.1 Å². The molecule has 2 heteroatoms. The Morgan fingerprint density at radius 3 is 2.52 bits per heavy atom. The van der Waals surface area contributed by atoms with Gasteiger partial charge in [0.1, 0.15) is 0 Å². The Labute approximate surface area is 144 Å². The molecule has 121 valence electrons. The number of benzene rings is 2. The van der Waals surface area contributed by atoms with E-state index in [0.29, 0.717) is 12.8 Å². The predicted octanol–water partition coefficient (Wildman–Crippen LogP) is 5.84. The normalized spacial score (nSPS) is 12.1. The van der Waals surface area contributed by atoms with Crippen LogP contribution in [0, 0.1) is 6.07 Å².